The fourth-order valence-electron chi connectivity index (χ4n) is 0.924. The van der Waals surface area contributed by atoms with Crippen LogP contribution in [0.5, 0.6) is 0 Å². The molecule has 0 saturated carbocycles. The van der Waals surface area contributed by atoms with E-state index < -0.39 is 0 Å². The van der Waals surface area contributed by atoms with Crippen molar-refractivity contribution in [2.24, 2.45) is 0 Å². The SMILES string of the molecule is CC(C)c1cc(CCO)[nH]n1. The smallest absolute Gasteiger partial charge is 0.0650 e. The molecule has 11 heavy (non-hydrogen) atoms. The Morgan fingerprint density at radius 3 is 2.82 bits per heavy atom. The van der Waals surface area contributed by atoms with Crippen LogP contribution in [0.25, 0.3) is 0 Å². The van der Waals surface area contributed by atoms with Crippen molar-refractivity contribution < 1.29 is 5.11 Å². The summed E-state index contributed by atoms with van der Waals surface area (Å²) in [7, 11) is 0. The van der Waals surface area contributed by atoms with E-state index in [1.165, 1.54) is 0 Å². The van der Waals surface area contributed by atoms with Crippen molar-refractivity contribution in [3.8, 4) is 0 Å². The number of nitrogens with one attached hydrogen (secondary N) is 1. The van der Waals surface area contributed by atoms with Gasteiger partial charge in [-0.25, -0.2) is 0 Å². The van der Waals surface area contributed by atoms with E-state index in [0.717, 1.165) is 11.4 Å². The van der Waals surface area contributed by atoms with Crippen LogP contribution in [0.1, 0.15) is 31.2 Å². The first kappa shape index (κ1) is 8.27. The summed E-state index contributed by atoms with van der Waals surface area (Å²) in [6.07, 6.45) is 0.666. The lowest BCUT2D eigenvalue weighted by Gasteiger charge is -1.94. The highest BCUT2D eigenvalue weighted by Crippen LogP contribution is 2.11. The molecule has 1 aromatic heterocycles. The van der Waals surface area contributed by atoms with Crippen molar-refractivity contribution in [3.63, 3.8) is 0 Å². The Kier molecular flexibility index (Phi) is 2.65. The molecule has 0 aromatic carbocycles. The summed E-state index contributed by atoms with van der Waals surface area (Å²) in [5.41, 5.74) is 2.07. The monoisotopic (exact) mass is 154 g/mol. The fraction of sp³-hybridized carbons (Fsp3) is 0.625. The average molecular weight is 154 g/mol. The third kappa shape index (κ3) is 2.05. The molecule has 0 aliphatic heterocycles. The molecule has 0 unspecified atom stereocenters. The van der Waals surface area contributed by atoms with E-state index in [4.69, 9.17) is 5.11 Å². The molecule has 1 heterocycles. The first-order valence-corrected chi connectivity index (χ1v) is 3.89. The van der Waals surface area contributed by atoms with Gasteiger partial charge in [0.2, 0.25) is 0 Å². The van der Waals surface area contributed by atoms with Gasteiger partial charge in [-0.05, 0) is 12.0 Å². The number of nitrogens with zero attached hydrogens (tertiary/aromatic N) is 1. The number of hydrogen-bond donors (Lipinski definition) is 2. The lowest BCUT2D eigenvalue weighted by Crippen LogP contribution is -1.89. The molecular weight excluding hydrogens is 140 g/mol. The van der Waals surface area contributed by atoms with Crippen molar-refractivity contribution in [1.29, 1.82) is 0 Å². The quantitative estimate of drug-likeness (QED) is 0.684. The topological polar surface area (TPSA) is 48.9 Å². The van der Waals surface area contributed by atoms with E-state index in [2.05, 4.69) is 24.0 Å². The summed E-state index contributed by atoms with van der Waals surface area (Å²) in [4.78, 5) is 0. The van der Waals surface area contributed by atoms with Gasteiger partial charge in [0.1, 0.15) is 0 Å². The first-order valence-electron chi connectivity index (χ1n) is 3.89. The number of aliphatic hydroxyl groups excluding tert-OH is 1. The maximum Gasteiger partial charge on any atom is 0.0650 e. The van der Waals surface area contributed by atoms with Gasteiger partial charge in [-0.1, -0.05) is 13.8 Å². The molecule has 1 aromatic rings. The predicted molar refractivity (Wildman–Crippen MR) is 43.5 cm³/mol. The second-order valence-corrected chi connectivity index (χ2v) is 2.95. The van der Waals surface area contributed by atoms with E-state index in [0.29, 0.717) is 12.3 Å². The summed E-state index contributed by atoms with van der Waals surface area (Å²) < 4.78 is 0. The minimum atomic E-state index is 0.180. The van der Waals surface area contributed by atoms with Crippen LogP contribution in [0, 0.1) is 0 Å². The number of aromatic amines is 1. The highest BCUT2D eigenvalue weighted by atomic mass is 16.3. The predicted octanol–water partition coefficient (Wildman–Crippen LogP) is 1.07. The molecule has 0 amide bonds. The Morgan fingerprint density at radius 1 is 1.64 bits per heavy atom. The molecule has 0 fully saturated rings. The lowest BCUT2D eigenvalue weighted by molar-refractivity contribution is 0.298. The van der Waals surface area contributed by atoms with Gasteiger partial charge in [-0.15, -0.1) is 0 Å². The second kappa shape index (κ2) is 3.53. The molecule has 0 radical (unpaired) electrons. The molecular formula is C8H14N2O. The van der Waals surface area contributed by atoms with E-state index >= 15 is 0 Å². The van der Waals surface area contributed by atoms with Crippen molar-refractivity contribution in [1.82, 2.24) is 10.2 Å². The third-order valence-corrected chi connectivity index (χ3v) is 1.62. The van der Waals surface area contributed by atoms with Crippen LogP contribution in [0.4, 0.5) is 0 Å². The highest BCUT2D eigenvalue weighted by Gasteiger charge is 2.03. The van der Waals surface area contributed by atoms with Gasteiger partial charge < -0.3 is 5.11 Å². The summed E-state index contributed by atoms with van der Waals surface area (Å²) in [5.74, 6) is 0.457. The van der Waals surface area contributed by atoms with Crippen LogP contribution in [-0.4, -0.2) is 21.9 Å². The Hall–Kier alpha value is -0.830. The zero-order valence-electron chi connectivity index (χ0n) is 6.96. The number of H-pyrrole nitrogens is 1. The number of aliphatic hydroxyl groups is 1. The molecule has 0 atom stereocenters. The lowest BCUT2D eigenvalue weighted by atomic mass is 10.1. The van der Waals surface area contributed by atoms with E-state index in [1.807, 2.05) is 6.07 Å². The number of hydrogen-bond acceptors (Lipinski definition) is 2. The van der Waals surface area contributed by atoms with Crippen molar-refractivity contribution in [3.05, 3.63) is 17.5 Å². The number of aromatic nitrogens is 2. The molecule has 2 N–H and O–H groups in total. The van der Waals surface area contributed by atoms with Gasteiger partial charge >= 0.3 is 0 Å². The molecule has 1 rings (SSSR count). The minimum Gasteiger partial charge on any atom is -0.396 e. The van der Waals surface area contributed by atoms with Crippen molar-refractivity contribution in [2.75, 3.05) is 6.61 Å². The molecule has 0 bridgehead atoms. The normalized spacial score (nSPS) is 10.9. The Morgan fingerprint density at radius 2 is 2.36 bits per heavy atom. The van der Waals surface area contributed by atoms with E-state index in [1.54, 1.807) is 0 Å². The Bertz CT molecular complexity index is 218. The summed E-state index contributed by atoms with van der Waals surface area (Å²) >= 11 is 0. The van der Waals surface area contributed by atoms with Crippen LogP contribution < -0.4 is 0 Å². The standard InChI is InChI=1S/C8H14N2O/c1-6(2)8-5-7(3-4-11)9-10-8/h5-6,11H,3-4H2,1-2H3,(H,9,10). The third-order valence-electron chi connectivity index (χ3n) is 1.62. The van der Waals surface area contributed by atoms with E-state index in [-0.39, 0.29) is 6.61 Å². The van der Waals surface area contributed by atoms with Gasteiger partial charge in [-0.2, -0.15) is 5.10 Å². The van der Waals surface area contributed by atoms with Gasteiger partial charge in [0.05, 0.1) is 5.69 Å². The molecule has 3 heteroatoms. The Labute approximate surface area is 66.4 Å². The Balaban J connectivity index is 2.66. The molecule has 0 spiro atoms. The van der Waals surface area contributed by atoms with Crippen LogP contribution in [-0.2, 0) is 6.42 Å². The van der Waals surface area contributed by atoms with Crippen LogP contribution >= 0.6 is 0 Å². The van der Waals surface area contributed by atoms with E-state index in [9.17, 15) is 0 Å². The summed E-state index contributed by atoms with van der Waals surface area (Å²) in [6.45, 7) is 4.37. The minimum absolute atomic E-state index is 0.180. The first-order chi connectivity index (χ1) is 5.24. The largest absolute Gasteiger partial charge is 0.396 e. The van der Waals surface area contributed by atoms with Crippen LogP contribution in [0.15, 0.2) is 6.07 Å². The van der Waals surface area contributed by atoms with Crippen LogP contribution in [0.3, 0.4) is 0 Å². The highest BCUT2D eigenvalue weighted by molar-refractivity contribution is 5.11. The summed E-state index contributed by atoms with van der Waals surface area (Å²) in [5, 5.41) is 15.6. The maximum absolute atomic E-state index is 8.62. The van der Waals surface area contributed by atoms with Crippen molar-refractivity contribution >= 4 is 0 Å². The second-order valence-electron chi connectivity index (χ2n) is 2.95. The molecule has 0 aliphatic carbocycles. The zero-order chi connectivity index (χ0) is 8.27. The molecule has 3 nitrogen and oxygen atoms in total. The van der Waals surface area contributed by atoms with Crippen LogP contribution in [0.2, 0.25) is 0 Å². The zero-order valence-corrected chi connectivity index (χ0v) is 6.96. The molecule has 62 valence electrons. The molecule has 0 aliphatic rings. The summed E-state index contributed by atoms with van der Waals surface area (Å²) in [6, 6.07) is 2.00. The average Bonchev–Trinajstić information content (AvgIpc) is 2.37. The van der Waals surface area contributed by atoms with Crippen molar-refractivity contribution in [2.45, 2.75) is 26.2 Å². The van der Waals surface area contributed by atoms with Gasteiger partial charge in [0, 0.05) is 18.7 Å². The maximum atomic E-state index is 8.62. The van der Waals surface area contributed by atoms with Gasteiger partial charge in [0.25, 0.3) is 0 Å². The fourth-order valence-corrected chi connectivity index (χ4v) is 0.924. The number of rotatable bonds is 3. The van der Waals surface area contributed by atoms with Gasteiger partial charge in [0.15, 0.2) is 0 Å². The van der Waals surface area contributed by atoms with Gasteiger partial charge in [-0.3, -0.25) is 5.10 Å². The molecule has 0 saturated heterocycles.